The van der Waals surface area contributed by atoms with Gasteiger partial charge in [0, 0.05) is 11.7 Å². The fourth-order valence-electron chi connectivity index (χ4n) is 2.01. The molecule has 0 bridgehead atoms. The number of benzene rings is 2. The summed E-state index contributed by atoms with van der Waals surface area (Å²) in [7, 11) is 1.36. The molecule has 2 N–H and O–H groups in total. The number of methoxy groups -OCH3 is 1. The van der Waals surface area contributed by atoms with Crippen molar-refractivity contribution < 1.29 is 14.6 Å². The van der Waals surface area contributed by atoms with E-state index in [2.05, 4.69) is 5.32 Å². The van der Waals surface area contributed by atoms with Gasteiger partial charge in [-0.2, -0.15) is 0 Å². The molecule has 0 amide bonds. The maximum absolute atomic E-state index is 11.7. The summed E-state index contributed by atoms with van der Waals surface area (Å²) >= 11 is 0. The van der Waals surface area contributed by atoms with Crippen LogP contribution in [0.15, 0.2) is 48.5 Å². The second kappa shape index (κ2) is 6.10. The van der Waals surface area contributed by atoms with Gasteiger partial charge in [0.05, 0.1) is 12.7 Å². The average molecular weight is 271 g/mol. The average Bonchev–Trinajstić information content (AvgIpc) is 2.47. The van der Waals surface area contributed by atoms with Crippen molar-refractivity contribution in [2.45, 2.75) is 13.0 Å². The molecule has 2 rings (SSSR count). The quantitative estimate of drug-likeness (QED) is 0.837. The smallest absolute Gasteiger partial charge is 0.339 e. The van der Waals surface area contributed by atoms with Crippen LogP contribution in [0.5, 0.6) is 5.75 Å². The summed E-state index contributed by atoms with van der Waals surface area (Å²) < 4.78 is 4.76. The molecular formula is C16H17NO3. The zero-order valence-corrected chi connectivity index (χ0v) is 11.5. The van der Waals surface area contributed by atoms with Crippen LogP contribution in [0, 0.1) is 0 Å². The lowest BCUT2D eigenvalue weighted by Crippen LogP contribution is -2.11. The molecule has 2 aromatic carbocycles. The van der Waals surface area contributed by atoms with Gasteiger partial charge in [-0.3, -0.25) is 0 Å². The van der Waals surface area contributed by atoms with Gasteiger partial charge in [-0.15, -0.1) is 0 Å². The summed E-state index contributed by atoms with van der Waals surface area (Å²) in [5, 5.41) is 12.8. The van der Waals surface area contributed by atoms with E-state index in [0.717, 1.165) is 5.56 Å². The molecule has 0 saturated heterocycles. The molecule has 20 heavy (non-hydrogen) atoms. The summed E-state index contributed by atoms with van der Waals surface area (Å²) in [6, 6.07) is 14.1. The molecule has 0 aromatic heterocycles. The third kappa shape index (κ3) is 3.09. The number of esters is 1. The molecule has 0 spiro atoms. The highest BCUT2D eigenvalue weighted by Gasteiger charge is 2.13. The van der Waals surface area contributed by atoms with Crippen molar-refractivity contribution in [3.05, 3.63) is 59.7 Å². The Bertz CT molecular complexity index is 610. The first-order valence-electron chi connectivity index (χ1n) is 6.34. The van der Waals surface area contributed by atoms with Crippen LogP contribution in [0.1, 0.15) is 28.9 Å². The lowest BCUT2D eigenvalue weighted by Gasteiger charge is -2.18. The Hall–Kier alpha value is -2.49. The number of carbonyl (C=O) groups is 1. The van der Waals surface area contributed by atoms with Crippen LogP contribution >= 0.6 is 0 Å². The van der Waals surface area contributed by atoms with Gasteiger partial charge >= 0.3 is 5.97 Å². The minimum Gasteiger partial charge on any atom is -0.508 e. The fourth-order valence-corrected chi connectivity index (χ4v) is 2.01. The largest absolute Gasteiger partial charge is 0.508 e. The van der Waals surface area contributed by atoms with Gasteiger partial charge in [0.1, 0.15) is 5.75 Å². The van der Waals surface area contributed by atoms with Crippen molar-refractivity contribution in [3.8, 4) is 5.75 Å². The Morgan fingerprint density at radius 1 is 1.20 bits per heavy atom. The van der Waals surface area contributed by atoms with Gasteiger partial charge in [-0.1, -0.05) is 24.3 Å². The van der Waals surface area contributed by atoms with E-state index >= 15 is 0 Å². The second-order valence-electron chi connectivity index (χ2n) is 4.50. The van der Waals surface area contributed by atoms with Crippen molar-refractivity contribution in [3.63, 3.8) is 0 Å². The molecule has 1 atom stereocenters. The van der Waals surface area contributed by atoms with E-state index in [1.54, 1.807) is 30.3 Å². The summed E-state index contributed by atoms with van der Waals surface area (Å²) in [6.45, 7) is 1.96. The molecule has 104 valence electrons. The maximum atomic E-state index is 11.7. The Morgan fingerprint density at radius 3 is 2.65 bits per heavy atom. The number of para-hydroxylation sites is 1. The normalized spacial score (nSPS) is 11.7. The molecule has 4 nitrogen and oxygen atoms in total. The topological polar surface area (TPSA) is 58.6 Å². The summed E-state index contributed by atoms with van der Waals surface area (Å²) in [4.78, 5) is 11.7. The standard InChI is InChI=1S/C16H17NO3/c1-11(12-6-5-7-13(18)10-12)17-15-9-4-3-8-14(15)16(19)20-2/h3-11,17-18H,1-2H3. The van der Waals surface area contributed by atoms with E-state index in [1.807, 2.05) is 25.1 Å². The monoisotopic (exact) mass is 271 g/mol. The number of aromatic hydroxyl groups is 1. The lowest BCUT2D eigenvalue weighted by molar-refractivity contribution is 0.0602. The highest BCUT2D eigenvalue weighted by Crippen LogP contribution is 2.24. The maximum Gasteiger partial charge on any atom is 0.339 e. The SMILES string of the molecule is COC(=O)c1ccccc1NC(C)c1cccc(O)c1. The Labute approximate surface area is 118 Å². The van der Waals surface area contributed by atoms with E-state index in [0.29, 0.717) is 11.3 Å². The molecule has 0 saturated carbocycles. The number of carbonyl (C=O) groups excluding carboxylic acids is 1. The predicted octanol–water partition coefficient (Wildman–Crippen LogP) is 3.35. The van der Waals surface area contributed by atoms with Gasteiger partial charge in [-0.25, -0.2) is 4.79 Å². The van der Waals surface area contributed by atoms with Crippen molar-refractivity contribution in [1.82, 2.24) is 0 Å². The van der Waals surface area contributed by atoms with Crippen LogP contribution in [0.2, 0.25) is 0 Å². The van der Waals surface area contributed by atoms with Gasteiger partial charge < -0.3 is 15.2 Å². The van der Waals surface area contributed by atoms with Gasteiger partial charge in [0.25, 0.3) is 0 Å². The Balaban J connectivity index is 2.24. The zero-order valence-electron chi connectivity index (χ0n) is 11.5. The number of nitrogens with one attached hydrogen (secondary N) is 1. The number of rotatable bonds is 4. The number of anilines is 1. The van der Waals surface area contributed by atoms with Crippen LogP contribution in [0.25, 0.3) is 0 Å². The Kier molecular flexibility index (Phi) is 4.25. The van der Waals surface area contributed by atoms with E-state index in [4.69, 9.17) is 4.74 Å². The number of phenolic OH excluding ortho intramolecular Hbond substituents is 1. The summed E-state index contributed by atoms with van der Waals surface area (Å²) in [5.41, 5.74) is 2.13. The minimum absolute atomic E-state index is 0.0482. The first kappa shape index (κ1) is 13.9. The van der Waals surface area contributed by atoms with E-state index in [9.17, 15) is 9.90 Å². The second-order valence-corrected chi connectivity index (χ2v) is 4.50. The number of ether oxygens (including phenoxy) is 1. The molecule has 2 aromatic rings. The van der Waals surface area contributed by atoms with Gasteiger partial charge in [0.2, 0.25) is 0 Å². The number of hydrogen-bond donors (Lipinski definition) is 2. The molecule has 0 aliphatic carbocycles. The van der Waals surface area contributed by atoms with Crippen molar-refractivity contribution in [2.24, 2.45) is 0 Å². The third-order valence-corrected chi connectivity index (χ3v) is 3.07. The van der Waals surface area contributed by atoms with E-state index in [-0.39, 0.29) is 17.8 Å². The van der Waals surface area contributed by atoms with E-state index < -0.39 is 0 Å². The fraction of sp³-hybridized carbons (Fsp3) is 0.188. The molecule has 0 aliphatic heterocycles. The first-order chi connectivity index (χ1) is 9.61. The van der Waals surface area contributed by atoms with E-state index in [1.165, 1.54) is 7.11 Å². The van der Waals surface area contributed by atoms with Gasteiger partial charge in [-0.05, 0) is 36.8 Å². The van der Waals surface area contributed by atoms with Crippen molar-refractivity contribution in [1.29, 1.82) is 0 Å². The lowest BCUT2D eigenvalue weighted by atomic mass is 10.1. The molecule has 4 heteroatoms. The van der Waals surface area contributed by atoms with Gasteiger partial charge in [0.15, 0.2) is 0 Å². The predicted molar refractivity (Wildman–Crippen MR) is 77.9 cm³/mol. The third-order valence-electron chi connectivity index (χ3n) is 3.07. The first-order valence-corrected chi connectivity index (χ1v) is 6.34. The molecule has 0 aliphatic rings. The van der Waals surface area contributed by atoms with Crippen LogP contribution in [0.4, 0.5) is 5.69 Å². The number of hydrogen-bond acceptors (Lipinski definition) is 4. The number of phenols is 1. The van der Waals surface area contributed by atoms with Crippen LogP contribution in [-0.2, 0) is 4.74 Å². The molecule has 0 radical (unpaired) electrons. The highest BCUT2D eigenvalue weighted by atomic mass is 16.5. The summed E-state index contributed by atoms with van der Waals surface area (Å²) in [6.07, 6.45) is 0. The molecule has 0 heterocycles. The minimum atomic E-state index is -0.379. The van der Waals surface area contributed by atoms with Crippen LogP contribution in [0.3, 0.4) is 0 Å². The molecular weight excluding hydrogens is 254 g/mol. The zero-order chi connectivity index (χ0) is 14.5. The molecule has 0 fully saturated rings. The van der Waals surface area contributed by atoms with Crippen LogP contribution < -0.4 is 5.32 Å². The summed E-state index contributed by atoms with van der Waals surface area (Å²) in [5.74, 6) is -0.159. The molecule has 1 unspecified atom stereocenters. The highest BCUT2D eigenvalue weighted by molar-refractivity contribution is 5.95. The van der Waals surface area contributed by atoms with Crippen molar-refractivity contribution >= 4 is 11.7 Å². The van der Waals surface area contributed by atoms with Crippen molar-refractivity contribution in [2.75, 3.05) is 12.4 Å². The van der Waals surface area contributed by atoms with Crippen LogP contribution in [-0.4, -0.2) is 18.2 Å². The Morgan fingerprint density at radius 2 is 1.95 bits per heavy atom.